The molecule has 0 radical (unpaired) electrons. The molecule has 82 valence electrons. The van der Waals surface area contributed by atoms with E-state index in [0.29, 0.717) is 11.4 Å². The summed E-state index contributed by atoms with van der Waals surface area (Å²) in [6.45, 7) is 5.82. The SMILES string of the molecule is CC(C)(C)Oc1ccnc(C(N)=NO)c1. The molecular formula is C10H15N3O2. The van der Waals surface area contributed by atoms with E-state index < -0.39 is 0 Å². The van der Waals surface area contributed by atoms with Gasteiger partial charge in [-0.2, -0.15) is 0 Å². The number of amidine groups is 1. The summed E-state index contributed by atoms with van der Waals surface area (Å²) in [7, 11) is 0. The van der Waals surface area contributed by atoms with Crippen molar-refractivity contribution in [2.75, 3.05) is 0 Å². The Labute approximate surface area is 88.6 Å². The first-order valence-electron chi connectivity index (χ1n) is 4.55. The summed E-state index contributed by atoms with van der Waals surface area (Å²) in [5.41, 5.74) is 5.51. The molecule has 1 rings (SSSR count). The molecule has 5 heteroatoms. The third-order valence-corrected chi connectivity index (χ3v) is 1.53. The normalized spacial score (nSPS) is 12.6. The first-order chi connectivity index (χ1) is 6.92. The van der Waals surface area contributed by atoms with Crippen molar-refractivity contribution < 1.29 is 9.94 Å². The van der Waals surface area contributed by atoms with Gasteiger partial charge in [0.05, 0.1) is 0 Å². The summed E-state index contributed by atoms with van der Waals surface area (Å²) in [6.07, 6.45) is 1.55. The summed E-state index contributed by atoms with van der Waals surface area (Å²) in [6, 6.07) is 3.35. The van der Waals surface area contributed by atoms with Crippen molar-refractivity contribution >= 4 is 5.84 Å². The summed E-state index contributed by atoms with van der Waals surface area (Å²) in [4.78, 5) is 3.94. The smallest absolute Gasteiger partial charge is 0.188 e. The van der Waals surface area contributed by atoms with Crippen LogP contribution in [-0.2, 0) is 0 Å². The van der Waals surface area contributed by atoms with E-state index in [4.69, 9.17) is 15.7 Å². The van der Waals surface area contributed by atoms with Gasteiger partial charge in [-0.3, -0.25) is 4.98 Å². The van der Waals surface area contributed by atoms with E-state index >= 15 is 0 Å². The molecule has 3 N–H and O–H groups in total. The molecule has 0 saturated heterocycles. The molecule has 0 saturated carbocycles. The highest BCUT2D eigenvalue weighted by Crippen LogP contribution is 2.17. The van der Waals surface area contributed by atoms with E-state index in [1.807, 2.05) is 20.8 Å². The molecule has 0 spiro atoms. The van der Waals surface area contributed by atoms with E-state index in [-0.39, 0.29) is 11.4 Å². The van der Waals surface area contributed by atoms with Crippen LogP contribution in [0, 0.1) is 0 Å². The Morgan fingerprint density at radius 3 is 2.73 bits per heavy atom. The summed E-state index contributed by atoms with van der Waals surface area (Å²) in [5, 5.41) is 11.4. The Kier molecular flexibility index (Phi) is 3.14. The molecule has 0 atom stereocenters. The lowest BCUT2D eigenvalue weighted by Crippen LogP contribution is -2.23. The van der Waals surface area contributed by atoms with E-state index in [2.05, 4.69) is 10.1 Å². The molecule has 1 aromatic rings. The van der Waals surface area contributed by atoms with Crippen LogP contribution in [0.4, 0.5) is 0 Å². The van der Waals surface area contributed by atoms with Gasteiger partial charge < -0.3 is 15.7 Å². The maximum atomic E-state index is 8.49. The van der Waals surface area contributed by atoms with Gasteiger partial charge in [0.25, 0.3) is 0 Å². The molecule has 0 aliphatic heterocycles. The molecule has 0 amide bonds. The number of nitrogens with zero attached hydrogens (tertiary/aromatic N) is 2. The lowest BCUT2D eigenvalue weighted by Gasteiger charge is -2.21. The number of aromatic nitrogens is 1. The standard InChI is InChI=1S/C10H15N3O2/c1-10(2,3)15-7-4-5-12-8(6-7)9(11)13-14/h4-6,14H,1-3H3,(H2,11,13). The highest BCUT2D eigenvalue weighted by molar-refractivity contribution is 5.95. The fourth-order valence-electron chi connectivity index (χ4n) is 1.02. The summed E-state index contributed by atoms with van der Waals surface area (Å²) >= 11 is 0. The average Bonchev–Trinajstić information content (AvgIpc) is 2.14. The van der Waals surface area contributed by atoms with Crippen LogP contribution in [0.25, 0.3) is 0 Å². The van der Waals surface area contributed by atoms with Crippen molar-refractivity contribution in [1.29, 1.82) is 0 Å². The quantitative estimate of drug-likeness (QED) is 0.333. The lowest BCUT2D eigenvalue weighted by atomic mass is 10.2. The third kappa shape index (κ3) is 3.46. The Morgan fingerprint density at radius 1 is 1.53 bits per heavy atom. The lowest BCUT2D eigenvalue weighted by molar-refractivity contribution is 0.131. The Balaban J connectivity index is 2.93. The number of ether oxygens (including phenoxy) is 1. The van der Waals surface area contributed by atoms with Gasteiger partial charge in [0.2, 0.25) is 0 Å². The zero-order valence-corrected chi connectivity index (χ0v) is 9.06. The molecule has 0 unspecified atom stereocenters. The van der Waals surface area contributed by atoms with Gasteiger partial charge in [-0.15, -0.1) is 0 Å². The van der Waals surface area contributed by atoms with Crippen LogP contribution < -0.4 is 10.5 Å². The highest BCUT2D eigenvalue weighted by Gasteiger charge is 2.12. The van der Waals surface area contributed by atoms with E-state index in [1.165, 1.54) is 0 Å². The van der Waals surface area contributed by atoms with Crippen molar-refractivity contribution in [1.82, 2.24) is 4.98 Å². The van der Waals surface area contributed by atoms with Gasteiger partial charge in [-0.25, -0.2) is 0 Å². The average molecular weight is 209 g/mol. The molecule has 0 aromatic carbocycles. The monoisotopic (exact) mass is 209 g/mol. The first kappa shape index (κ1) is 11.3. The van der Waals surface area contributed by atoms with E-state index in [9.17, 15) is 0 Å². The molecule has 0 aliphatic carbocycles. The number of hydrogen-bond acceptors (Lipinski definition) is 4. The van der Waals surface area contributed by atoms with Crippen molar-refractivity contribution in [2.24, 2.45) is 10.9 Å². The molecular weight excluding hydrogens is 194 g/mol. The van der Waals surface area contributed by atoms with Crippen LogP contribution in [0.1, 0.15) is 26.5 Å². The second-order valence-corrected chi connectivity index (χ2v) is 4.08. The minimum Gasteiger partial charge on any atom is -0.488 e. The third-order valence-electron chi connectivity index (χ3n) is 1.53. The van der Waals surface area contributed by atoms with Crippen LogP contribution >= 0.6 is 0 Å². The first-order valence-corrected chi connectivity index (χ1v) is 4.55. The van der Waals surface area contributed by atoms with Gasteiger partial charge in [0.1, 0.15) is 17.0 Å². The second kappa shape index (κ2) is 4.16. The van der Waals surface area contributed by atoms with Gasteiger partial charge in [-0.05, 0) is 26.8 Å². The molecule has 0 bridgehead atoms. The number of nitrogens with two attached hydrogens (primary N) is 1. The van der Waals surface area contributed by atoms with Gasteiger partial charge in [0, 0.05) is 12.3 Å². The molecule has 0 aliphatic rings. The number of pyridine rings is 1. The van der Waals surface area contributed by atoms with Crippen molar-refractivity contribution in [3.8, 4) is 5.75 Å². The minimum absolute atomic E-state index is 0.0330. The maximum Gasteiger partial charge on any atom is 0.188 e. The predicted octanol–water partition coefficient (Wildman–Crippen LogP) is 1.35. The second-order valence-electron chi connectivity index (χ2n) is 4.08. The predicted molar refractivity (Wildman–Crippen MR) is 57.1 cm³/mol. The van der Waals surface area contributed by atoms with Gasteiger partial charge in [-0.1, -0.05) is 5.16 Å². The molecule has 15 heavy (non-hydrogen) atoms. The molecule has 5 nitrogen and oxygen atoms in total. The highest BCUT2D eigenvalue weighted by atomic mass is 16.5. The fourth-order valence-corrected chi connectivity index (χ4v) is 1.02. The van der Waals surface area contributed by atoms with Gasteiger partial charge >= 0.3 is 0 Å². The number of hydrogen-bond donors (Lipinski definition) is 2. The number of rotatable bonds is 2. The zero-order chi connectivity index (χ0) is 11.5. The Bertz CT molecular complexity index is 369. The molecule has 0 fully saturated rings. The molecule has 1 heterocycles. The van der Waals surface area contributed by atoms with E-state index in [0.717, 1.165) is 0 Å². The van der Waals surface area contributed by atoms with Crippen molar-refractivity contribution in [3.63, 3.8) is 0 Å². The maximum absolute atomic E-state index is 8.49. The largest absolute Gasteiger partial charge is 0.488 e. The van der Waals surface area contributed by atoms with Crippen LogP contribution in [-0.4, -0.2) is 21.6 Å². The zero-order valence-electron chi connectivity index (χ0n) is 9.06. The summed E-state index contributed by atoms with van der Waals surface area (Å²) < 4.78 is 5.60. The van der Waals surface area contributed by atoms with Crippen molar-refractivity contribution in [2.45, 2.75) is 26.4 Å². The van der Waals surface area contributed by atoms with Crippen molar-refractivity contribution in [3.05, 3.63) is 24.0 Å². The van der Waals surface area contributed by atoms with Crippen LogP contribution in [0.2, 0.25) is 0 Å². The van der Waals surface area contributed by atoms with Crippen LogP contribution in [0.15, 0.2) is 23.5 Å². The van der Waals surface area contributed by atoms with E-state index in [1.54, 1.807) is 18.3 Å². The van der Waals surface area contributed by atoms with Crippen LogP contribution in [0.3, 0.4) is 0 Å². The Hall–Kier alpha value is -1.78. The minimum atomic E-state index is -0.288. The molecule has 1 aromatic heterocycles. The topological polar surface area (TPSA) is 80.7 Å². The Morgan fingerprint density at radius 2 is 2.20 bits per heavy atom. The number of oxime groups is 1. The van der Waals surface area contributed by atoms with Gasteiger partial charge in [0.15, 0.2) is 5.84 Å². The summed E-state index contributed by atoms with van der Waals surface area (Å²) in [5.74, 6) is 0.605. The van der Waals surface area contributed by atoms with Crippen LogP contribution in [0.5, 0.6) is 5.75 Å². The fraction of sp³-hybridized carbons (Fsp3) is 0.400.